The number of carbonyl (C=O) groups excluding carboxylic acids is 1. The molecule has 0 fully saturated rings. The third-order valence-electron chi connectivity index (χ3n) is 5.54. The van der Waals surface area contributed by atoms with Crippen LogP contribution in [0.5, 0.6) is 11.5 Å². The Morgan fingerprint density at radius 2 is 1.74 bits per heavy atom. The summed E-state index contributed by atoms with van der Waals surface area (Å²) < 4.78 is 71.7. The predicted molar refractivity (Wildman–Crippen MR) is 147 cm³/mol. The fourth-order valence-electron chi connectivity index (χ4n) is 3.69. The number of benzene rings is 3. The first-order valence-corrected chi connectivity index (χ1v) is 14.0. The van der Waals surface area contributed by atoms with Crippen LogP contribution in [0.3, 0.4) is 0 Å². The van der Waals surface area contributed by atoms with Gasteiger partial charge in [0.25, 0.3) is 5.91 Å². The molecular weight excluding hydrogens is 595 g/mol. The predicted octanol–water partition coefficient (Wildman–Crippen LogP) is 5.90. The fraction of sp³-hybridized carbons (Fsp3) is 0.0370. The van der Waals surface area contributed by atoms with Crippen molar-refractivity contribution in [3.63, 3.8) is 0 Å². The lowest BCUT2D eigenvalue weighted by Gasteiger charge is -2.11. The van der Waals surface area contributed by atoms with Crippen molar-refractivity contribution in [2.45, 2.75) is 11.3 Å². The van der Waals surface area contributed by atoms with Gasteiger partial charge >= 0.3 is 16.5 Å². The Kier molecular flexibility index (Phi) is 7.66. The van der Waals surface area contributed by atoms with Gasteiger partial charge in [0.1, 0.15) is 28.0 Å². The Bertz CT molecular complexity index is 1930. The number of rotatable bonds is 8. The van der Waals surface area contributed by atoms with Gasteiger partial charge in [-0.2, -0.15) is 13.7 Å². The molecule has 10 nitrogen and oxygen atoms in total. The maximum Gasteiger partial charge on any atom is 0.573 e. The van der Waals surface area contributed by atoms with Gasteiger partial charge < -0.3 is 13.9 Å². The fourth-order valence-corrected chi connectivity index (χ4v) is 5.35. The lowest BCUT2D eigenvalue weighted by atomic mass is 10.1. The Morgan fingerprint density at radius 3 is 2.45 bits per heavy atom. The molecule has 2 heterocycles. The van der Waals surface area contributed by atoms with E-state index in [4.69, 9.17) is 4.18 Å². The number of anilines is 1. The van der Waals surface area contributed by atoms with Crippen LogP contribution < -0.4 is 14.2 Å². The van der Waals surface area contributed by atoms with Gasteiger partial charge in [-0.3, -0.25) is 10.1 Å². The summed E-state index contributed by atoms with van der Waals surface area (Å²) in [4.78, 5) is 15.6. The van der Waals surface area contributed by atoms with Gasteiger partial charge in [0.2, 0.25) is 5.13 Å². The summed E-state index contributed by atoms with van der Waals surface area (Å²) in [6.45, 7) is 0. The number of aromatic amines is 1. The summed E-state index contributed by atoms with van der Waals surface area (Å²) in [7, 11) is -4.51. The van der Waals surface area contributed by atoms with Gasteiger partial charge in [0.05, 0.1) is 5.69 Å². The maximum atomic E-state index is 12.9. The first-order valence-electron chi connectivity index (χ1n) is 11.7. The second kappa shape index (κ2) is 11.4. The van der Waals surface area contributed by atoms with E-state index in [0.29, 0.717) is 10.7 Å². The summed E-state index contributed by atoms with van der Waals surface area (Å²) in [5.41, 5.74) is 1.28. The van der Waals surface area contributed by atoms with E-state index in [2.05, 4.69) is 25.2 Å². The van der Waals surface area contributed by atoms with Crippen molar-refractivity contribution in [2.24, 2.45) is 0 Å². The molecule has 42 heavy (non-hydrogen) atoms. The van der Waals surface area contributed by atoms with Crippen molar-refractivity contribution in [3.05, 3.63) is 90.0 Å². The summed E-state index contributed by atoms with van der Waals surface area (Å²) in [5, 5.41) is 21.8. The van der Waals surface area contributed by atoms with Crippen LogP contribution in [-0.4, -0.2) is 35.9 Å². The highest BCUT2D eigenvalue weighted by molar-refractivity contribution is 7.87. The first kappa shape index (κ1) is 28.3. The van der Waals surface area contributed by atoms with E-state index in [1.807, 2.05) is 30.3 Å². The van der Waals surface area contributed by atoms with E-state index < -0.39 is 33.0 Å². The van der Waals surface area contributed by atoms with E-state index in [-0.39, 0.29) is 22.0 Å². The van der Waals surface area contributed by atoms with Crippen molar-refractivity contribution in [1.82, 2.24) is 15.2 Å². The minimum absolute atomic E-state index is 0.0702. The summed E-state index contributed by atoms with van der Waals surface area (Å²) in [6.07, 6.45) is -3.82. The molecule has 0 aliphatic carbocycles. The molecule has 3 aromatic carbocycles. The molecule has 0 saturated carbocycles. The molecule has 0 saturated heterocycles. The Labute approximate surface area is 239 Å². The largest absolute Gasteiger partial charge is 0.573 e. The molecule has 5 rings (SSSR count). The number of nitrogens with one attached hydrogen (secondary N) is 2. The van der Waals surface area contributed by atoms with Crippen molar-refractivity contribution >= 4 is 49.5 Å². The zero-order valence-corrected chi connectivity index (χ0v) is 22.5. The quantitative estimate of drug-likeness (QED) is 0.125. The molecule has 212 valence electrons. The number of fused-ring (bicyclic) bond motifs is 1. The maximum absolute atomic E-state index is 12.9. The van der Waals surface area contributed by atoms with E-state index >= 15 is 0 Å². The number of amides is 1. The molecule has 0 spiro atoms. The van der Waals surface area contributed by atoms with Gasteiger partial charge in [-0.1, -0.05) is 47.7 Å². The number of ether oxygens (including phenoxy) is 1. The molecule has 5 aromatic rings. The van der Waals surface area contributed by atoms with Crippen molar-refractivity contribution in [2.75, 3.05) is 5.32 Å². The van der Waals surface area contributed by atoms with Crippen LogP contribution >= 0.6 is 11.3 Å². The summed E-state index contributed by atoms with van der Waals surface area (Å²) in [5.74, 6) is -1.67. The summed E-state index contributed by atoms with van der Waals surface area (Å²) >= 11 is 1.08. The number of nitriles is 1. The number of halogens is 3. The smallest absolute Gasteiger partial charge is 0.406 e. The molecule has 2 aromatic heterocycles. The lowest BCUT2D eigenvalue weighted by molar-refractivity contribution is -0.274. The van der Waals surface area contributed by atoms with E-state index in [0.717, 1.165) is 52.6 Å². The zero-order valence-electron chi connectivity index (χ0n) is 20.9. The van der Waals surface area contributed by atoms with E-state index in [1.54, 1.807) is 6.07 Å². The molecule has 15 heteroatoms. The summed E-state index contributed by atoms with van der Waals surface area (Å²) in [6, 6.07) is 20.4. The monoisotopic (exact) mass is 611 g/mol. The van der Waals surface area contributed by atoms with Crippen LogP contribution in [0, 0.1) is 11.3 Å². The normalized spacial score (nSPS) is 12.1. The first-order chi connectivity index (χ1) is 20.0. The van der Waals surface area contributed by atoms with E-state index in [9.17, 15) is 31.6 Å². The Morgan fingerprint density at radius 1 is 1.02 bits per heavy atom. The molecule has 2 N–H and O–H groups in total. The van der Waals surface area contributed by atoms with Crippen molar-refractivity contribution < 1.29 is 35.3 Å². The molecule has 1 amide bonds. The SMILES string of the molecule is N#C/C(=C\c1ccccc1OS(=O)(=O)c1ccc(OC(F)(F)F)cc1)C(=O)Nc1nnc(-c2cc3ccccc3[nH]2)s1. The van der Waals surface area contributed by atoms with E-state index in [1.165, 1.54) is 24.3 Å². The van der Waals surface area contributed by atoms with Crippen LogP contribution in [-0.2, 0) is 14.9 Å². The highest BCUT2D eigenvalue weighted by Crippen LogP contribution is 2.30. The minimum Gasteiger partial charge on any atom is -0.406 e. The van der Waals surface area contributed by atoms with Gasteiger partial charge in [-0.25, -0.2) is 0 Å². The van der Waals surface area contributed by atoms with Gasteiger partial charge in [0.15, 0.2) is 5.01 Å². The number of hydrogen-bond donors (Lipinski definition) is 2. The van der Waals surface area contributed by atoms with Gasteiger partial charge in [0, 0.05) is 16.5 Å². The molecule has 0 atom stereocenters. The van der Waals surface area contributed by atoms with Crippen LogP contribution in [0.2, 0.25) is 0 Å². The average molecular weight is 612 g/mol. The van der Waals surface area contributed by atoms with Crippen molar-refractivity contribution in [3.8, 4) is 28.3 Å². The number of alkyl halides is 3. The van der Waals surface area contributed by atoms with Crippen LogP contribution in [0.15, 0.2) is 89.3 Å². The van der Waals surface area contributed by atoms with Crippen molar-refractivity contribution in [1.29, 1.82) is 5.26 Å². The lowest BCUT2D eigenvalue weighted by Crippen LogP contribution is -2.17. The topological polar surface area (TPSA) is 147 Å². The van der Waals surface area contributed by atoms with Crippen LogP contribution in [0.25, 0.3) is 27.7 Å². The number of nitrogens with zero attached hydrogens (tertiary/aromatic N) is 3. The standard InChI is InChI=1S/C27H16F3N5O5S2/c28-27(29,30)39-19-9-11-20(12-10-19)42(37,38)40-23-8-4-2-6-17(23)13-18(15-31)24(36)33-26-35-34-25(41-26)22-14-16-5-1-3-7-21(16)32-22/h1-14,32H,(H,33,35,36)/b18-13+. The van der Waals surface area contributed by atoms with Crippen LogP contribution in [0.4, 0.5) is 18.3 Å². The van der Waals surface area contributed by atoms with Gasteiger partial charge in [-0.15, -0.1) is 23.4 Å². The molecule has 0 aliphatic rings. The Hall–Kier alpha value is -5.20. The third kappa shape index (κ3) is 6.57. The third-order valence-corrected chi connectivity index (χ3v) is 7.66. The number of para-hydroxylation sites is 2. The number of aromatic nitrogens is 3. The highest BCUT2D eigenvalue weighted by atomic mass is 32.2. The average Bonchev–Trinajstić information content (AvgIpc) is 3.59. The molecular formula is C27H16F3N5O5S2. The second-order valence-corrected chi connectivity index (χ2v) is 10.9. The zero-order chi connectivity index (χ0) is 29.9. The molecule has 0 radical (unpaired) electrons. The second-order valence-electron chi connectivity index (χ2n) is 8.40. The van der Waals surface area contributed by atoms with Gasteiger partial charge in [-0.05, 0) is 48.5 Å². The number of carbonyl (C=O) groups is 1. The minimum atomic E-state index is -4.94. The number of H-pyrrole nitrogens is 1. The molecule has 0 unspecified atom stereocenters. The number of hydrogen-bond acceptors (Lipinski definition) is 9. The Balaban J connectivity index is 1.33. The molecule has 0 aliphatic heterocycles. The highest BCUT2D eigenvalue weighted by Gasteiger charge is 2.31. The molecule has 0 bridgehead atoms. The van der Waals surface area contributed by atoms with Crippen LogP contribution in [0.1, 0.15) is 5.56 Å².